The van der Waals surface area contributed by atoms with Crippen molar-refractivity contribution in [1.29, 1.82) is 0 Å². The highest BCUT2D eigenvalue weighted by molar-refractivity contribution is 7.84. The van der Waals surface area contributed by atoms with Crippen LogP contribution in [-0.4, -0.2) is 56.3 Å². The van der Waals surface area contributed by atoms with Crippen molar-refractivity contribution in [2.75, 3.05) is 11.9 Å². The molecule has 3 aromatic rings. The lowest BCUT2D eigenvalue weighted by molar-refractivity contribution is 0.101. The number of ketones is 1. The lowest BCUT2D eigenvalue weighted by Gasteiger charge is -2.45. The van der Waals surface area contributed by atoms with Crippen LogP contribution in [-0.2, 0) is 24.5 Å². The number of benzene rings is 1. The van der Waals surface area contributed by atoms with E-state index in [1.807, 2.05) is 6.92 Å². The number of aliphatic hydroxyl groups is 1. The zero-order chi connectivity index (χ0) is 34.9. The summed E-state index contributed by atoms with van der Waals surface area (Å²) in [6.45, 7) is 16.7. The van der Waals surface area contributed by atoms with Gasteiger partial charge >= 0.3 is 10.3 Å². The van der Waals surface area contributed by atoms with Gasteiger partial charge in [-0.15, -0.1) is 11.3 Å². The molecule has 0 amide bonds. The zero-order valence-electron chi connectivity index (χ0n) is 28.3. The smallest absolute Gasteiger partial charge is 0.333 e. The Morgan fingerprint density at radius 1 is 1.17 bits per heavy atom. The predicted octanol–water partition coefficient (Wildman–Crippen LogP) is 6.96. The first kappa shape index (κ1) is 37.6. The number of rotatable bonds is 14. The van der Waals surface area contributed by atoms with E-state index in [1.165, 1.54) is 23.9 Å². The van der Waals surface area contributed by atoms with Gasteiger partial charge in [-0.3, -0.25) is 8.98 Å². The van der Waals surface area contributed by atoms with Crippen molar-refractivity contribution in [2.24, 2.45) is 11.1 Å². The molecule has 1 aliphatic rings. The van der Waals surface area contributed by atoms with E-state index < -0.39 is 24.2 Å². The van der Waals surface area contributed by atoms with Crippen LogP contribution in [0.3, 0.4) is 0 Å². The minimum atomic E-state index is -4.14. The van der Waals surface area contributed by atoms with Gasteiger partial charge in [0.25, 0.3) is 0 Å². The van der Waals surface area contributed by atoms with Gasteiger partial charge in [-0.2, -0.15) is 8.42 Å². The third kappa shape index (κ3) is 8.32. The molecule has 0 unspecified atom stereocenters. The fraction of sp³-hybridized carbons (Fsp3) is 0.545. The maximum absolute atomic E-state index is 13.9. The molecule has 0 bridgehead atoms. The SMILES string of the molecule is Cc1sc(C(=O)c2cncnc2N[C@@H]2C[C@H](COS(N)(=O)=O)[C@@H](O[Si](C(C)C)(C(C)C)C(C)C)C2)cc1[C@](C)(O)c1cccc(Cl)c1. The Kier molecular flexibility index (Phi) is 11.8. The van der Waals surface area contributed by atoms with Crippen molar-refractivity contribution in [2.45, 2.75) is 103 Å². The standard InChI is InChI=1S/C33H47ClN4O6S2Si/c1-19(2)47(20(3)4,21(5)6)44-29-14-26(12-23(29)17-43-46(35,41)42)38-32-27(16-36-18-37-32)31(39)30-15-28(22(7)45-30)33(8,40)24-10-9-11-25(34)13-24/h9-11,13,15-16,18-21,23,26,29,40H,12,14,17H2,1-8H3,(H2,35,41,42)(H,36,37,38)/t23-,26-,29+,33-/m1/s1. The maximum atomic E-state index is 13.9. The second kappa shape index (κ2) is 14.7. The number of nitrogens with one attached hydrogen (secondary N) is 1. The van der Waals surface area contributed by atoms with Crippen molar-refractivity contribution in [3.8, 4) is 0 Å². The lowest BCUT2D eigenvalue weighted by Crippen LogP contribution is -2.51. The minimum Gasteiger partial charge on any atom is -0.413 e. The molecule has 4 rings (SSSR count). The lowest BCUT2D eigenvalue weighted by atomic mass is 9.88. The first-order valence-corrected chi connectivity index (χ1v) is 20.7. The molecular weight excluding hydrogens is 676 g/mol. The van der Waals surface area contributed by atoms with Gasteiger partial charge in [0.15, 0.2) is 0 Å². The first-order chi connectivity index (χ1) is 21.9. The largest absolute Gasteiger partial charge is 0.413 e. The number of hydrogen-bond donors (Lipinski definition) is 3. The van der Waals surface area contributed by atoms with Crippen LogP contribution in [0, 0.1) is 12.8 Å². The molecule has 1 saturated carbocycles. The van der Waals surface area contributed by atoms with Gasteiger partial charge in [0.1, 0.15) is 17.7 Å². The summed E-state index contributed by atoms with van der Waals surface area (Å²) in [4.78, 5) is 23.8. The number of carbonyl (C=O) groups excluding carboxylic acids is 1. The van der Waals surface area contributed by atoms with Crippen molar-refractivity contribution in [3.05, 3.63) is 74.3 Å². The average molecular weight is 723 g/mol. The number of aryl methyl sites for hydroxylation is 1. The van der Waals surface area contributed by atoms with Gasteiger partial charge in [0, 0.05) is 33.6 Å². The molecule has 1 fully saturated rings. The van der Waals surface area contributed by atoms with E-state index in [0.717, 1.165) is 4.88 Å². The van der Waals surface area contributed by atoms with Gasteiger partial charge in [0.2, 0.25) is 14.1 Å². The summed E-state index contributed by atoms with van der Waals surface area (Å²) < 4.78 is 35.7. The molecule has 258 valence electrons. The Hall–Kier alpha value is -2.23. The second-order valence-corrected chi connectivity index (χ2v) is 21.9. The fourth-order valence-electron chi connectivity index (χ4n) is 7.34. The summed E-state index contributed by atoms with van der Waals surface area (Å²) >= 11 is 7.49. The Morgan fingerprint density at radius 2 is 1.83 bits per heavy atom. The number of nitrogens with two attached hydrogens (primary N) is 1. The Bertz CT molecular complexity index is 1660. The highest BCUT2D eigenvalue weighted by Gasteiger charge is 2.49. The fourth-order valence-corrected chi connectivity index (χ4v) is 14.6. The molecule has 0 spiro atoms. The van der Waals surface area contributed by atoms with Crippen molar-refractivity contribution in [3.63, 3.8) is 0 Å². The number of hydrogen-bond acceptors (Lipinski definition) is 10. The van der Waals surface area contributed by atoms with E-state index in [9.17, 15) is 18.3 Å². The van der Waals surface area contributed by atoms with Crippen LogP contribution in [0.1, 0.15) is 92.5 Å². The molecule has 0 radical (unpaired) electrons. The molecule has 4 N–H and O–H groups in total. The van der Waals surface area contributed by atoms with Crippen LogP contribution in [0.25, 0.3) is 0 Å². The highest BCUT2D eigenvalue weighted by atomic mass is 35.5. The van der Waals surface area contributed by atoms with Crippen molar-refractivity contribution < 1.29 is 26.9 Å². The minimum absolute atomic E-state index is 0.0974. The summed E-state index contributed by atoms with van der Waals surface area (Å²) in [5.74, 6) is -0.151. The first-order valence-electron chi connectivity index (χ1n) is 15.9. The van der Waals surface area contributed by atoms with E-state index in [-0.39, 0.29) is 30.5 Å². The summed E-state index contributed by atoms with van der Waals surface area (Å²) in [6.07, 6.45) is 3.70. The van der Waals surface area contributed by atoms with Crippen LogP contribution >= 0.6 is 22.9 Å². The summed E-state index contributed by atoms with van der Waals surface area (Å²) in [6, 6.07) is 8.56. The highest BCUT2D eigenvalue weighted by Crippen LogP contribution is 2.46. The van der Waals surface area contributed by atoms with Crippen molar-refractivity contribution >= 4 is 53.2 Å². The molecule has 47 heavy (non-hydrogen) atoms. The normalized spacial score (nSPS) is 20.3. The van der Waals surface area contributed by atoms with E-state index in [2.05, 4.69) is 56.8 Å². The number of thiophene rings is 1. The molecule has 0 aliphatic heterocycles. The zero-order valence-corrected chi connectivity index (χ0v) is 31.7. The third-order valence-electron chi connectivity index (χ3n) is 9.49. The van der Waals surface area contributed by atoms with Crippen LogP contribution in [0.5, 0.6) is 0 Å². The van der Waals surface area contributed by atoms with E-state index in [4.69, 9.17) is 25.3 Å². The van der Waals surface area contributed by atoms with Crippen LogP contribution in [0.15, 0.2) is 42.9 Å². The molecule has 4 atom stereocenters. The molecule has 10 nitrogen and oxygen atoms in total. The quantitative estimate of drug-likeness (QED) is 0.118. The number of carbonyl (C=O) groups is 1. The second-order valence-electron chi connectivity index (χ2n) is 13.6. The molecule has 2 aromatic heterocycles. The monoisotopic (exact) mass is 722 g/mol. The maximum Gasteiger partial charge on any atom is 0.333 e. The van der Waals surface area contributed by atoms with Gasteiger partial charge < -0.3 is 14.8 Å². The van der Waals surface area contributed by atoms with Gasteiger partial charge in [-0.25, -0.2) is 15.1 Å². The van der Waals surface area contributed by atoms with Crippen LogP contribution < -0.4 is 10.5 Å². The Labute approximate surface area is 288 Å². The van der Waals surface area contributed by atoms with E-state index >= 15 is 0 Å². The third-order valence-corrected chi connectivity index (χ3v) is 17.4. The number of aromatic nitrogens is 2. The average Bonchev–Trinajstić information content (AvgIpc) is 3.56. The van der Waals surface area contributed by atoms with Crippen molar-refractivity contribution in [1.82, 2.24) is 9.97 Å². The van der Waals surface area contributed by atoms with Crippen LogP contribution in [0.2, 0.25) is 21.6 Å². The Balaban J connectivity index is 1.61. The number of nitrogens with zero attached hydrogens (tertiary/aromatic N) is 2. The molecule has 14 heteroatoms. The van der Waals surface area contributed by atoms with Gasteiger partial charge in [-0.05, 0) is 67.1 Å². The summed E-state index contributed by atoms with van der Waals surface area (Å²) in [7, 11) is -6.46. The molecule has 2 heterocycles. The molecule has 1 aliphatic carbocycles. The topological polar surface area (TPSA) is 154 Å². The van der Waals surface area contributed by atoms with Crippen LogP contribution in [0.4, 0.5) is 5.82 Å². The van der Waals surface area contributed by atoms with Gasteiger partial charge in [-0.1, -0.05) is 65.3 Å². The molecular formula is C33H47ClN4O6S2Si. The predicted molar refractivity (Wildman–Crippen MR) is 190 cm³/mol. The van der Waals surface area contributed by atoms with E-state index in [0.29, 0.717) is 61.9 Å². The Morgan fingerprint density at radius 3 is 2.43 bits per heavy atom. The van der Waals surface area contributed by atoms with Gasteiger partial charge in [0.05, 0.1) is 23.2 Å². The molecule has 0 saturated heterocycles. The van der Waals surface area contributed by atoms with E-state index in [1.54, 1.807) is 37.3 Å². The number of anilines is 1. The molecule has 1 aromatic carbocycles. The number of halogens is 1. The summed E-state index contributed by atoms with van der Waals surface area (Å²) in [5, 5.41) is 20.7. The summed E-state index contributed by atoms with van der Waals surface area (Å²) in [5.41, 5.74) is 1.15.